The van der Waals surface area contributed by atoms with Crippen molar-refractivity contribution in [3.63, 3.8) is 0 Å². The summed E-state index contributed by atoms with van der Waals surface area (Å²) < 4.78 is 578. The topological polar surface area (TPSA) is 988 Å². The first-order valence-electron chi connectivity index (χ1n) is 30.1. The van der Waals surface area contributed by atoms with Crippen LogP contribution < -0.4 is 434 Å². The molecule has 2 aromatic rings. The van der Waals surface area contributed by atoms with Crippen LogP contribution in [0.15, 0.2) is 48.5 Å². The summed E-state index contributed by atoms with van der Waals surface area (Å²) in [5.74, 6) is -1.14. The summed E-state index contributed by atoms with van der Waals surface area (Å²) in [4.78, 5) is 0. The average molecular weight is 2360 g/mol. The van der Waals surface area contributed by atoms with Crippen LogP contribution >= 0.6 is 0 Å². The van der Waals surface area contributed by atoms with E-state index >= 15 is 0 Å². The van der Waals surface area contributed by atoms with Crippen molar-refractivity contribution >= 4 is 157 Å². The van der Waals surface area contributed by atoms with Crippen LogP contribution in [0.5, 0.6) is 11.5 Å². The molecule has 4 heterocycles. The molecule has 4 aliphatic rings. The van der Waals surface area contributed by atoms with Crippen LogP contribution in [0.3, 0.4) is 0 Å². The Hall–Kier alpha value is 9.58. The van der Waals surface area contributed by atoms with Crippen molar-refractivity contribution in [3.8, 4) is 11.5 Å². The Bertz CT molecular complexity index is 5290. The molecule has 66 nitrogen and oxygen atoms in total. The molecule has 0 amide bonds. The Morgan fingerprint density at radius 3 is 0.575 bits per heavy atom. The maximum absolute atomic E-state index is 12.5. The van der Waals surface area contributed by atoms with Gasteiger partial charge in [0.05, 0.1) is 26.4 Å². The second-order valence-electron chi connectivity index (χ2n) is 23.0. The van der Waals surface area contributed by atoms with Gasteiger partial charge >= 0.3 is 559 Å². The van der Waals surface area contributed by atoms with Crippen LogP contribution in [0.1, 0.15) is 12.8 Å². The van der Waals surface area contributed by atoms with Gasteiger partial charge in [0.2, 0.25) is 12.6 Å². The maximum atomic E-state index is 12.5. The van der Waals surface area contributed by atoms with E-state index < -0.39 is 306 Å². The summed E-state index contributed by atoms with van der Waals surface area (Å²) in [6, 6.07) is 8.49. The van der Waals surface area contributed by atoms with Gasteiger partial charge in [-0.2, -0.15) is 118 Å². The van der Waals surface area contributed by atoms with Gasteiger partial charge in [0.1, 0.15) is 84.7 Å². The van der Waals surface area contributed by atoms with Gasteiger partial charge in [-0.15, -0.1) is 0 Å². The van der Waals surface area contributed by atoms with E-state index in [0.717, 1.165) is 48.5 Å². The minimum atomic E-state index is -6.29. The normalized spacial score (nSPS) is 26.0. The SMILES string of the molecule is O=S(=O)(O)OC[C@H]1O[C@@H](Oc2ccc(NCCCCNc3ccc(O[C@@H]4O[C@H](COS(=O)(=O)O)[C@@H](O[C@@H]5O[C@H](COS(=O)(=O)O)[C@@H](OS(=O)(=O)O)[C@H](OS(=O)(=O)O)[C@H]5OS(=O)(=O)O)[C@H](OS(=O)(=O)O)[C@H]4OS(=O)(=O)O)cc3)cc2)[C@H](OS(=O)(=O)O)[C@@H](OS(=O)(=O)O)[C@@H]1O[C@@H]1O[C@H](COS(=O)(=O)O)[C@@H](OS(=O)(=O)O)[C@H](OS(=O)(=O)O)[C@H]1OS(=O)(=O)O.[Na+].[Na+].[Na+].[Na+].[Na+].[Na+].[Na+].[Na+].[Na+].[Na+].[Na+].[Na+].[Na+].[Na+]. The molecular weight excluding hydrogens is 2300 g/mol. The summed E-state index contributed by atoms with van der Waals surface area (Å²) in [6.45, 7) is -7.59. The number of hydrogen-bond acceptors (Lipinski definition) is 52. The molecule has 0 saturated carbocycles. The number of benzene rings is 2. The largest absolute Gasteiger partial charge is 1.00 e. The van der Waals surface area contributed by atoms with Gasteiger partial charge in [-0.05, 0) is 61.4 Å². The zero-order valence-electron chi connectivity index (χ0n) is 71.2. The van der Waals surface area contributed by atoms with Crippen LogP contribution in [0.2, 0.25) is 0 Å². The fraction of sp³-hybridized carbons (Fsp3) is 0.700. The van der Waals surface area contributed by atoms with Crippen molar-refractivity contribution in [2.75, 3.05) is 50.2 Å². The molecule has 0 aliphatic carbocycles. The second-order valence-corrected chi connectivity index (χ2v) is 37.8. The Kier molecular flexibility index (Phi) is 81.3. The molecule has 0 aromatic heterocycles. The van der Waals surface area contributed by atoms with Crippen LogP contribution in [0, 0.1) is 0 Å². The molecule has 4 aliphatic heterocycles. The molecule has 4 fully saturated rings. The van der Waals surface area contributed by atoms with Crippen LogP contribution in [0.4, 0.5) is 11.4 Å². The summed E-state index contributed by atoms with van der Waals surface area (Å²) in [5, 5.41) is 5.80. The molecule has 6 rings (SSSR count). The molecule has 0 spiro atoms. The Labute approximate surface area is 1070 Å². The van der Waals surface area contributed by atoms with Crippen molar-refractivity contribution in [2.45, 2.75) is 136 Å². The molecule has 0 radical (unpaired) electrons. The van der Waals surface area contributed by atoms with Crippen LogP contribution in [-0.4, -0.2) is 344 Å². The third kappa shape index (κ3) is 64.3. The molecule has 0 bridgehead atoms. The van der Waals surface area contributed by atoms with Gasteiger partial charge < -0.3 is 48.5 Å². The third-order valence-electron chi connectivity index (χ3n) is 14.3. The molecule has 698 valence electrons. The summed E-state index contributed by atoms with van der Waals surface area (Å²) in [5.41, 5.74) is 0.311. The monoisotopic (exact) mass is 2360 g/mol. The number of ether oxygens (including phenoxy) is 8. The smallest absolute Gasteiger partial charge is 0.462 e. The molecule has 134 heavy (non-hydrogen) atoms. The molecule has 2 aromatic carbocycles. The van der Waals surface area contributed by atoms with E-state index in [-0.39, 0.29) is 451 Å². The standard InChI is InChI=1S/C40H60N2O64S14.14Na/c43-107(44,45)85-13-21-25(95-39-35(105-119(79,80)81)31(101-115(67,68)69)27(97-111(55,56)57)23(93-39)15-87-109(49,50)51)29(99-113(61,62)63)33(103-117(73,74)75)37(91-21)89-19-7-3-17(4-8-19)41-11-1-2-12-42-18-5-9-20(10-6-18)90-38-34(104-118(76,77)78)30(100-114(64,65)66)26(22(92-38)14-86-108(46,47)48)96-40-36(106-120(82,83)84)32(102-116(70,71)72)28(98-112(58,59)60)24(94-40)16-88-110(52,53)54;;;;;;;;;;;;;;/h3-10,21-42H,1-2,11-16H2,(H,43,44,45)(H,46,47,48)(H,49,50,51)(H,52,53,54)(H,55,56,57)(H,58,59,60)(H,61,62,63)(H,64,65,66)(H,67,68,69)(H,70,71,72)(H,73,74,75)(H,76,77,78)(H,79,80,81)(H,82,83,84);;;;;;;;;;;;;;/q;14*+1/t21-,22-,23-,24-,25-,26-,27-,28-,29+,30+,31+,32+,33-,34-,35-,36-,37-,38-,39+,40+;;;;;;;;;;;;;;/m1............../s1. The maximum Gasteiger partial charge on any atom is 1.00 e. The van der Waals surface area contributed by atoms with Crippen molar-refractivity contribution in [1.29, 1.82) is 0 Å². The van der Waals surface area contributed by atoms with Crippen molar-refractivity contribution in [2.24, 2.45) is 0 Å². The summed E-state index contributed by atoms with van der Waals surface area (Å²) in [7, 11) is -85.4. The zero-order valence-corrected chi connectivity index (χ0v) is 111. The summed E-state index contributed by atoms with van der Waals surface area (Å²) in [6.07, 6.45) is -62.2. The van der Waals surface area contributed by atoms with E-state index in [2.05, 4.69) is 69.2 Å². The first-order valence-corrected chi connectivity index (χ1v) is 49.2. The van der Waals surface area contributed by atoms with Gasteiger partial charge in [-0.1, -0.05) is 0 Å². The number of rotatable bonds is 47. The Morgan fingerprint density at radius 2 is 0.381 bits per heavy atom. The number of nitrogens with one attached hydrogen (secondary N) is 2. The van der Waals surface area contributed by atoms with Crippen molar-refractivity contribution in [3.05, 3.63) is 48.5 Å². The molecule has 4 saturated heterocycles. The fourth-order valence-electron chi connectivity index (χ4n) is 10.5. The van der Waals surface area contributed by atoms with E-state index in [1.54, 1.807) is 0 Å². The van der Waals surface area contributed by atoms with E-state index in [9.17, 15) is 182 Å². The first kappa shape index (κ1) is 161. The van der Waals surface area contributed by atoms with Crippen LogP contribution in [0.25, 0.3) is 0 Å². The average Bonchev–Trinajstić information content (AvgIpc) is 0.756. The third-order valence-corrected chi connectivity index (χ3v) is 20.7. The van der Waals surface area contributed by atoms with Crippen molar-refractivity contribution in [1.82, 2.24) is 0 Å². The molecule has 0 unspecified atom stereocenters. The predicted molar refractivity (Wildman–Crippen MR) is 359 cm³/mol. The first-order chi connectivity index (χ1) is 54.1. The van der Waals surface area contributed by atoms with E-state index in [1.807, 2.05) is 0 Å². The Morgan fingerprint density at radius 1 is 0.216 bits per heavy atom. The fourth-order valence-corrected chi connectivity index (χ4v) is 16.7. The number of hydrogen-bond donors (Lipinski definition) is 16. The Balaban J connectivity index is -0.00000159. The van der Waals surface area contributed by atoms with E-state index in [1.165, 1.54) is 0 Å². The quantitative estimate of drug-likeness (QED) is 0.0166. The second kappa shape index (κ2) is 67.6. The number of unbranched alkanes of at least 4 members (excludes halogenated alkanes) is 1. The van der Waals surface area contributed by atoms with Gasteiger partial charge in [0, 0.05) is 24.5 Å². The van der Waals surface area contributed by atoms with Gasteiger partial charge in [0.25, 0.3) is 0 Å². The molecule has 16 N–H and O–H groups in total. The molecule has 94 heteroatoms. The van der Waals surface area contributed by atoms with E-state index in [4.69, 9.17) is 37.9 Å². The van der Waals surface area contributed by atoms with Crippen LogP contribution in [-0.2, 0) is 233 Å². The summed E-state index contributed by atoms with van der Waals surface area (Å²) >= 11 is 0. The van der Waals surface area contributed by atoms with Gasteiger partial charge in [-0.3, -0.25) is 63.7 Å². The van der Waals surface area contributed by atoms with E-state index in [0.29, 0.717) is 0 Å². The molecule has 20 atom stereocenters. The minimum absolute atomic E-state index is 0. The molecular formula is C40H60N2Na14O64S14+14. The van der Waals surface area contributed by atoms with Crippen molar-refractivity contribution < 1.29 is 692 Å². The number of anilines is 2. The predicted octanol–water partition coefficient (Wildman–Crippen LogP) is -50.4. The van der Waals surface area contributed by atoms with Gasteiger partial charge in [0.15, 0.2) is 37.0 Å². The van der Waals surface area contributed by atoms with Gasteiger partial charge in [-0.25, -0.2) is 58.6 Å². The minimum Gasteiger partial charge on any atom is -0.462 e. The zero-order chi connectivity index (χ0) is 91.1.